The van der Waals surface area contributed by atoms with Gasteiger partial charge in [-0.3, -0.25) is 9.59 Å². The van der Waals surface area contributed by atoms with Crippen molar-refractivity contribution in [2.45, 2.75) is 24.4 Å². The van der Waals surface area contributed by atoms with Crippen LogP contribution >= 0.6 is 11.6 Å². The van der Waals surface area contributed by atoms with Crippen molar-refractivity contribution in [1.82, 2.24) is 0 Å². The summed E-state index contributed by atoms with van der Waals surface area (Å²) in [5.41, 5.74) is 2.03. The highest BCUT2D eigenvalue weighted by Crippen LogP contribution is 2.64. The fourth-order valence-electron chi connectivity index (χ4n) is 6.27. The SMILES string of the molecule is CC12c3ccccc3C(c3ccccc31)[C@@H]1C(=O)N(c3ccc(Cl)c(C(F)(F)F)c3)C(=O)[C@H]12. The number of imide groups is 1. The zero-order chi connectivity index (χ0) is 23.3. The number of carbonyl (C=O) groups excluding carboxylic acids is 2. The van der Waals surface area contributed by atoms with E-state index in [4.69, 9.17) is 11.6 Å². The lowest BCUT2D eigenvalue weighted by Crippen LogP contribution is -2.51. The molecule has 3 aromatic rings. The van der Waals surface area contributed by atoms with Gasteiger partial charge in [-0.05, 0) is 40.5 Å². The van der Waals surface area contributed by atoms with Gasteiger partial charge in [-0.1, -0.05) is 67.1 Å². The number of rotatable bonds is 1. The van der Waals surface area contributed by atoms with E-state index in [-0.39, 0.29) is 11.6 Å². The van der Waals surface area contributed by atoms with Gasteiger partial charge in [0.1, 0.15) is 0 Å². The minimum Gasteiger partial charge on any atom is -0.274 e. The van der Waals surface area contributed by atoms with Gasteiger partial charge >= 0.3 is 6.18 Å². The lowest BCUT2D eigenvalue weighted by atomic mass is 9.48. The van der Waals surface area contributed by atoms with Crippen LogP contribution in [-0.4, -0.2) is 11.8 Å². The average molecular weight is 468 g/mol. The van der Waals surface area contributed by atoms with Gasteiger partial charge in [-0.15, -0.1) is 0 Å². The molecule has 2 amide bonds. The van der Waals surface area contributed by atoms with Crippen LogP contribution in [0.25, 0.3) is 0 Å². The number of benzene rings is 3. The summed E-state index contributed by atoms with van der Waals surface area (Å²) >= 11 is 5.77. The molecule has 2 bridgehead atoms. The van der Waals surface area contributed by atoms with E-state index in [1.54, 1.807) is 0 Å². The Morgan fingerprint density at radius 1 is 0.879 bits per heavy atom. The third-order valence-electron chi connectivity index (χ3n) is 7.56. The van der Waals surface area contributed by atoms with Crippen LogP contribution in [0.15, 0.2) is 66.7 Å². The Bertz CT molecular complexity index is 1320. The zero-order valence-corrected chi connectivity index (χ0v) is 18.1. The summed E-state index contributed by atoms with van der Waals surface area (Å²) in [5, 5.41) is -0.477. The largest absolute Gasteiger partial charge is 0.417 e. The summed E-state index contributed by atoms with van der Waals surface area (Å²) in [6, 6.07) is 18.8. The molecule has 4 aliphatic rings. The molecule has 3 aliphatic carbocycles. The second-order valence-electron chi connectivity index (χ2n) is 9.03. The molecule has 1 heterocycles. The Labute approximate surface area is 192 Å². The molecule has 0 radical (unpaired) electrons. The van der Waals surface area contributed by atoms with Gasteiger partial charge in [0.25, 0.3) is 0 Å². The minimum absolute atomic E-state index is 0.104. The molecule has 0 saturated carbocycles. The molecule has 0 unspecified atom stereocenters. The molecule has 33 heavy (non-hydrogen) atoms. The van der Waals surface area contributed by atoms with Crippen LogP contribution in [0.3, 0.4) is 0 Å². The molecule has 3 nitrogen and oxygen atoms in total. The van der Waals surface area contributed by atoms with E-state index >= 15 is 0 Å². The molecule has 3 aromatic carbocycles. The van der Waals surface area contributed by atoms with Gasteiger partial charge in [-0.25, -0.2) is 4.90 Å². The van der Waals surface area contributed by atoms with Gasteiger partial charge in [-0.2, -0.15) is 13.2 Å². The molecule has 0 spiro atoms. The highest BCUT2D eigenvalue weighted by molar-refractivity contribution is 6.31. The lowest BCUT2D eigenvalue weighted by Gasteiger charge is -2.52. The molecule has 1 saturated heterocycles. The van der Waals surface area contributed by atoms with E-state index < -0.39 is 45.8 Å². The maximum absolute atomic E-state index is 13.8. The standard InChI is InChI=1S/C26H17ClF3NO2/c1-25-16-8-4-2-6-14(16)20(15-7-3-5-9-17(15)25)21-22(25)24(33)31(23(21)32)13-10-11-19(27)18(12-13)26(28,29)30/h2-12,20-22H,1H3/t20?,21-,22-,25?/m0/s1. The molecule has 1 fully saturated rings. The smallest absolute Gasteiger partial charge is 0.274 e. The van der Waals surface area contributed by atoms with E-state index in [9.17, 15) is 22.8 Å². The number of hydrogen-bond acceptors (Lipinski definition) is 2. The molecular weight excluding hydrogens is 451 g/mol. The van der Waals surface area contributed by atoms with Crippen molar-refractivity contribution in [3.63, 3.8) is 0 Å². The molecule has 0 N–H and O–H groups in total. The molecule has 0 aromatic heterocycles. The second kappa shape index (κ2) is 6.48. The third kappa shape index (κ3) is 2.47. The van der Waals surface area contributed by atoms with Gasteiger partial charge in [0, 0.05) is 11.3 Å². The lowest BCUT2D eigenvalue weighted by molar-refractivity contribution is -0.137. The first-order chi connectivity index (χ1) is 15.7. The van der Waals surface area contributed by atoms with Crippen molar-refractivity contribution >= 4 is 29.1 Å². The quantitative estimate of drug-likeness (QED) is 0.416. The number of amides is 2. The third-order valence-corrected chi connectivity index (χ3v) is 7.89. The summed E-state index contributed by atoms with van der Waals surface area (Å²) in [6.07, 6.45) is -4.71. The Hall–Kier alpha value is -3.12. The fraction of sp³-hybridized carbons (Fsp3) is 0.231. The van der Waals surface area contributed by atoms with Crippen molar-refractivity contribution in [1.29, 1.82) is 0 Å². The van der Waals surface area contributed by atoms with E-state index in [2.05, 4.69) is 0 Å². The number of alkyl halides is 3. The highest BCUT2D eigenvalue weighted by Gasteiger charge is 2.66. The number of halogens is 4. The molecule has 2 atom stereocenters. The van der Waals surface area contributed by atoms with Crippen LogP contribution in [0, 0.1) is 11.8 Å². The Balaban J connectivity index is 1.56. The highest BCUT2D eigenvalue weighted by atomic mass is 35.5. The zero-order valence-electron chi connectivity index (χ0n) is 17.4. The summed E-state index contributed by atoms with van der Waals surface area (Å²) < 4.78 is 40.5. The van der Waals surface area contributed by atoms with Crippen molar-refractivity contribution in [2.75, 3.05) is 4.90 Å². The van der Waals surface area contributed by atoms with E-state index in [1.165, 1.54) is 6.07 Å². The Morgan fingerprint density at radius 2 is 1.45 bits per heavy atom. The first-order valence-electron chi connectivity index (χ1n) is 10.6. The van der Waals surface area contributed by atoms with Crippen molar-refractivity contribution in [3.05, 3.63) is 99.6 Å². The summed E-state index contributed by atoms with van der Waals surface area (Å²) in [5.74, 6) is -2.67. The van der Waals surface area contributed by atoms with Crippen molar-refractivity contribution < 1.29 is 22.8 Å². The molecular formula is C26H17ClF3NO2. The Kier molecular flexibility index (Phi) is 4.02. The van der Waals surface area contributed by atoms with Crippen LogP contribution in [0.2, 0.25) is 5.02 Å². The normalized spacial score (nSPS) is 27.4. The summed E-state index contributed by atoms with van der Waals surface area (Å²) in [6.45, 7) is 1.97. The fourth-order valence-corrected chi connectivity index (χ4v) is 6.50. The van der Waals surface area contributed by atoms with E-state index in [1.807, 2.05) is 55.5 Å². The molecule has 166 valence electrons. The van der Waals surface area contributed by atoms with Gasteiger partial charge in [0.2, 0.25) is 11.8 Å². The number of carbonyl (C=O) groups is 2. The van der Waals surface area contributed by atoms with Gasteiger partial charge in [0.05, 0.1) is 28.1 Å². The first kappa shape index (κ1) is 20.5. The van der Waals surface area contributed by atoms with E-state index in [0.717, 1.165) is 39.3 Å². The van der Waals surface area contributed by atoms with E-state index in [0.29, 0.717) is 0 Å². The number of anilines is 1. The maximum Gasteiger partial charge on any atom is 0.417 e. The predicted molar refractivity (Wildman–Crippen MR) is 117 cm³/mol. The summed E-state index contributed by atoms with van der Waals surface area (Å²) in [7, 11) is 0. The Morgan fingerprint density at radius 3 is 2.03 bits per heavy atom. The van der Waals surface area contributed by atoms with Crippen molar-refractivity contribution in [3.8, 4) is 0 Å². The van der Waals surface area contributed by atoms with Gasteiger partial charge < -0.3 is 0 Å². The van der Waals surface area contributed by atoms with Crippen LogP contribution < -0.4 is 4.90 Å². The van der Waals surface area contributed by atoms with Crippen molar-refractivity contribution in [2.24, 2.45) is 11.8 Å². The maximum atomic E-state index is 13.8. The summed E-state index contributed by atoms with van der Waals surface area (Å²) in [4.78, 5) is 28.5. The monoisotopic (exact) mass is 467 g/mol. The molecule has 7 rings (SSSR count). The predicted octanol–water partition coefficient (Wildman–Crippen LogP) is 5.93. The molecule has 7 heteroatoms. The first-order valence-corrected chi connectivity index (χ1v) is 11.0. The van der Waals surface area contributed by atoms with Crippen LogP contribution in [0.4, 0.5) is 18.9 Å². The topological polar surface area (TPSA) is 37.4 Å². The average Bonchev–Trinajstić information content (AvgIpc) is 3.05. The van der Waals surface area contributed by atoms with Gasteiger partial charge in [0.15, 0.2) is 0 Å². The van der Waals surface area contributed by atoms with Crippen LogP contribution in [-0.2, 0) is 21.2 Å². The molecule has 1 aliphatic heterocycles. The second-order valence-corrected chi connectivity index (χ2v) is 9.44. The minimum atomic E-state index is -4.71. The van der Waals surface area contributed by atoms with Crippen LogP contribution in [0.5, 0.6) is 0 Å². The number of hydrogen-bond donors (Lipinski definition) is 0. The van der Waals surface area contributed by atoms with Crippen LogP contribution in [0.1, 0.15) is 40.7 Å². The number of nitrogens with zero attached hydrogens (tertiary/aromatic N) is 1.